The zero-order valence-electron chi connectivity index (χ0n) is 11.6. The van der Waals surface area contributed by atoms with Crippen molar-refractivity contribution in [3.05, 3.63) is 22.2 Å². The minimum atomic E-state index is -0.115. The number of benzene rings is 1. The molecule has 0 saturated carbocycles. The lowest BCUT2D eigenvalue weighted by Gasteiger charge is -2.26. The standard InChI is InChI=1S/C14H16BrNO5/c1-19-12-7-11(15)10(8-17)6-13(12)21-9-14(18)16-2-4-20-5-3-16/h6-8H,2-5,9H2,1H3. The highest BCUT2D eigenvalue weighted by Crippen LogP contribution is 2.32. The Labute approximate surface area is 131 Å². The maximum Gasteiger partial charge on any atom is 0.260 e. The summed E-state index contributed by atoms with van der Waals surface area (Å²) in [6.07, 6.45) is 0.709. The van der Waals surface area contributed by atoms with E-state index in [2.05, 4.69) is 15.9 Å². The lowest BCUT2D eigenvalue weighted by atomic mass is 10.2. The molecule has 1 aliphatic heterocycles. The summed E-state index contributed by atoms with van der Waals surface area (Å²) in [5, 5.41) is 0. The van der Waals surface area contributed by atoms with Crippen LogP contribution in [0, 0.1) is 0 Å². The highest BCUT2D eigenvalue weighted by molar-refractivity contribution is 9.10. The average Bonchev–Trinajstić information content (AvgIpc) is 2.53. The maximum absolute atomic E-state index is 12.0. The number of carbonyl (C=O) groups excluding carboxylic acids is 2. The fourth-order valence-corrected chi connectivity index (χ4v) is 2.37. The van der Waals surface area contributed by atoms with Crippen molar-refractivity contribution in [2.75, 3.05) is 40.0 Å². The van der Waals surface area contributed by atoms with E-state index in [1.807, 2.05) is 0 Å². The third-order valence-corrected chi connectivity index (χ3v) is 3.81. The summed E-state index contributed by atoms with van der Waals surface area (Å²) < 4.78 is 16.5. The molecule has 0 spiro atoms. The normalized spacial score (nSPS) is 14.7. The average molecular weight is 358 g/mol. The Hall–Kier alpha value is -1.60. The number of rotatable bonds is 5. The van der Waals surface area contributed by atoms with Crippen LogP contribution in [-0.4, -0.2) is 57.1 Å². The maximum atomic E-state index is 12.0. The first kappa shape index (κ1) is 15.8. The van der Waals surface area contributed by atoms with Crippen LogP contribution < -0.4 is 9.47 Å². The minimum Gasteiger partial charge on any atom is -0.493 e. The van der Waals surface area contributed by atoms with Crippen LogP contribution in [0.3, 0.4) is 0 Å². The molecule has 0 bridgehead atoms. The second kappa shape index (κ2) is 7.42. The molecule has 7 heteroatoms. The fourth-order valence-electron chi connectivity index (χ4n) is 1.96. The molecular formula is C14H16BrNO5. The topological polar surface area (TPSA) is 65.1 Å². The molecule has 0 radical (unpaired) electrons. The van der Waals surface area contributed by atoms with Gasteiger partial charge in [-0.2, -0.15) is 0 Å². The summed E-state index contributed by atoms with van der Waals surface area (Å²) in [5.74, 6) is 0.711. The molecule has 0 aromatic heterocycles. The summed E-state index contributed by atoms with van der Waals surface area (Å²) in [5.41, 5.74) is 0.435. The number of hydrogen-bond donors (Lipinski definition) is 0. The van der Waals surface area contributed by atoms with E-state index in [1.165, 1.54) is 7.11 Å². The van der Waals surface area contributed by atoms with Gasteiger partial charge in [-0.1, -0.05) is 0 Å². The molecule has 21 heavy (non-hydrogen) atoms. The Balaban J connectivity index is 2.04. The molecule has 0 unspecified atom stereocenters. The number of morpholine rings is 1. The van der Waals surface area contributed by atoms with Crippen molar-refractivity contribution in [3.8, 4) is 11.5 Å². The Morgan fingerprint density at radius 1 is 1.38 bits per heavy atom. The summed E-state index contributed by atoms with van der Waals surface area (Å²) in [4.78, 5) is 24.7. The van der Waals surface area contributed by atoms with E-state index in [-0.39, 0.29) is 12.5 Å². The van der Waals surface area contributed by atoms with Gasteiger partial charge in [0.05, 0.1) is 20.3 Å². The molecule has 0 N–H and O–H groups in total. The monoisotopic (exact) mass is 357 g/mol. The molecule has 114 valence electrons. The van der Waals surface area contributed by atoms with Gasteiger partial charge in [-0.3, -0.25) is 9.59 Å². The number of hydrogen-bond acceptors (Lipinski definition) is 5. The molecule has 1 heterocycles. The van der Waals surface area contributed by atoms with Crippen molar-refractivity contribution >= 4 is 28.1 Å². The summed E-state index contributed by atoms with van der Waals surface area (Å²) in [6.45, 7) is 2.13. The number of nitrogens with zero attached hydrogens (tertiary/aromatic N) is 1. The van der Waals surface area contributed by atoms with Crippen molar-refractivity contribution in [2.45, 2.75) is 0 Å². The Kier molecular flexibility index (Phi) is 5.58. The third kappa shape index (κ3) is 3.95. The highest BCUT2D eigenvalue weighted by atomic mass is 79.9. The second-order valence-corrected chi connectivity index (χ2v) is 5.28. The Bertz CT molecular complexity index is 528. The van der Waals surface area contributed by atoms with E-state index in [0.29, 0.717) is 54.1 Å². The van der Waals surface area contributed by atoms with Gasteiger partial charge in [0.25, 0.3) is 5.91 Å². The van der Waals surface area contributed by atoms with Crippen LogP contribution in [-0.2, 0) is 9.53 Å². The van der Waals surface area contributed by atoms with E-state index in [9.17, 15) is 9.59 Å². The molecule has 0 aliphatic carbocycles. The molecule has 1 saturated heterocycles. The quantitative estimate of drug-likeness (QED) is 0.747. The van der Waals surface area contributed by atoms with Crippen LogP contribution in [0.1, 0.15) is 10.4 Å². The van der Waals surface area contributed by atoms with Gasteiger partial charge in [0.1, 0.15) is 0 Å². The van der Waals surface area contributed by atoms with Crippen LogP contribution in [0.2, 0.25) is 0 Å². The first-order chi connectivity index (χ1) is 10.2. The van der Waals surface area contributed by atoms with Gasteiger partial charge in [-0.15, -0.1) is 0 Å². The van der Waals surface area contributed by atoms with E-state index in [0.717, 1.165) is 0 Å². The molecule has 1 aromatic rings. The van der Waals surface area contributed by atoms with E-state index in [4.69, 9.17) is 14.2 Å². The van der Waals surface area contributed by atoms with E-state index in [1.54, 1.807) is 17.0 Å². The lowest BCUT2D eigenvalue weighted by molar-refractivity contribution is -0.137. The predicted octanol–water partition coefficient (Wildman–Crippen LogP) is 1.51. The van der Waals surface area contributed by atoms with Crippen molar-refractivity contribution < 1.29 is 23.8 Å². The number of ether oxygens (including phenoxy) is 3. The van der Waals surface area contributed by atoms with Crippen LogP contribution in [0.15, 0.2) is 16.6 Å². The van der Waals surface area contributed by atoms with Gasteiger partial charge in [0.2, 0.25) is 0 Å². The molecule has 1 fully saturated rings. The molecular weight excluding hydrogens is 342 g/mol. The first-order valence-electron chi connectivity index (χ1n) is 6.46. The van der Waals surface area contributed by atoms with Gasteiger partial charge in [-0.25, -0.2) is 0 Å². The minimum absolute atomic E-state index is 0.101. The number of amides is 1. The summed E-state index contributed by atoms with van der Waals surface area (Å²) in [6, 6.07) is 3.18. The van der Waals surface area contributed by atoms with Crippen LogP contribution in [0.25, 0.3) is 0 Å². The lowest BCUT2D eigenvalue weighted by Crippen LogP contribution is -2.43. The molecule has 2 rings (SSSR count). The van der Waals surface area contributed by atoms with Crippen LogP contribution in [0.4, 0.5) is 0 Å². The van der Waals surface area contributed by atoms with Crippen LogP contribution >= 0.6 is 15.9 Å². The highest BCUT2D eigenvalue weighted by Gasteiger charge is 2.18. The van der Waals surface area contributed by atoms with Crippen molar-refractivity contribution in [1.29, 1.82) is 0 Å². The van der Waals surface area contributed by atoms with E-state index >= 15 is 0 Å². The van der Waals surface area contributed by atoms with Gasteiger partial charge in [0, 0.05) is 23.1 Å². The number of halogens is 1. The summed E-state index contributed by atoms with van der Waals surface area (Å²) >= 11 is 3.27. The largest absolute Gasteiger partial charge is 0.493 e. The van der Waals surface area contributed by atoms with Gasteiger partial charge in [0.15, 0.2) is 24.4 Å². The van der Waals surface area contributed by atoms with Gasteiger partial charge >= 0.3 is 0 Å². The van der Waals surface area contributed by atoms with Gasteiger partial charge < -0.3 is 19.1 Å². The SMILES string of the molecule is COc1cc(Br)c(C=O)cc1OCC(=O)N1CCOCC1. The second-order valence-electron chi connectivity index (χ2n) is 4.42. The van der Waals surface area contributed by atoms with Crippen molar-refractivity contribution in [2.24, 2.45) is 0 Å². The Morgan fingerprint density at radius 3 is 2.71 bits per heavy atom. The number of aldehydes is 1. The number of carbonyl (C=O) groups is 2. The predicted molar refractivity (Wildman–Crippen MR) is 79.0 cm³/mol. The molecule has 1 aromatic carbocycles. The van der Waals surface area contributed by atoms with Crippen molar-refractivity contribution in [1.82, 2.24) is 4.90 Å². The van der Waals surface area contributed by atoms with Gasteiger partial charge in [-0.05, 0) is 28.1 Å². The van der Waals surface area contributed by atoms with Crippen molar-refractivity contribution in [3.63, 3.8) is 0 Å². The zero-order valence-corrected chi connectivity index (χ0v) is 13.2. The molecule has 0 atom stereocenters. The Morgan fingerprint density at radius 2 is 2.10 bits per heavy atom. The third-order valence-electron chi connectivity index (χ3n) is 3.12. The van der Waals surface area contributed by atoms with E-state index < -0.39 is 0 Å². The van der Waals surface area contributed by atoms with Crippen LogP contribution in [0.5, 0.6) is 11.5 Å². The smallest absolute Gasteiger partial charge is 0.260 e. The number of methoxy groups -OCH3 is 1. The molecule has 6 nitrogen and oxygen atoms in total. The zero-order chi connectivity index (χ0) is 15.2. The fraction of sp³-hybridized carbons (Fsp3) is 0.429. The molecule has 1 aliphatic rings. The molecule has 1 amide bonds. The first-order valence-corrected chi connectivity index (χ1v) is 7.26. The summed E-state index contributed by atoms with van der Waals surface area (Å²) in [7, 11) is 1.50.